The fourth-order valence-corrected chi connectivity index (χ4v) is 3.90. The highest BCUT2D eigenvalue weighted by Gasteiger charge is 2.57. The minimum absolute atomic E-state index is 0.662. The Labute approximate surface area is 103 Å². The van der Waals surface area contributed by atoms with Gasteiger partial charge in [-0.25, -0.2) is 0 Å². The second-order valence-electron chi connectivity index (χ2n) is 5.98. The molecule has 0 atom stereocenters. The number of carboxylic acids is 1. The molecule has 17 heavy (non-hydrogen) atoms. The number of carbonyl (C=O) groups is 1. The topological polar surface area (TPSA) is 57.5 Å². The van der Waals surface area contributed by atoms with E-state index in [2.05, 4.69) is 6.92 Å². The summed E-state index contributed by atoms with van der Waals surface area (Å²) in [5.41, 5.74) is -1.79. The summed E-state index contributed by atoms with van der Waals surface area (Å²) in [6.45, 7) is 2.18. The zero-order chi connectivity index (χ0) is 12.5. The standard InChI is InChI=1S/C14H24O3/c1-2-11-5-9-14(17,10-6-11)13(12(15)16)7-3-4-8-13/h11,17H,2-10H2,1H3,(H,15,16). The molecule has 98 valence electrons. The second-order valence-corrected chi connectivity index (χ2v) is 5.98. The van der Waals surface area contributed by atoms with Crippen molar-refractivity contribution in [3.8, 4) is 0 Å². The van der Waals surface area contributed by atoms with E-state index in [9.17, 15) is 15.0 Å². The third kappa shape index (κ3) is 1.99. The number of carboxylic acid groups (broad SMARTS) is 1. The first-order chi connectivity index (χ1) is 8.04. The SMILES string of the molecule is CCC1CCC(O)(C2(C(=O)O)CCCC2)CC1. The van der Waals surface area contributed by atoms with Crippen molar-refractivity contribution in [3.05, 3.63) is 0 Å². The van der Waals surface area contributed by atoms with Crippen LogP contribution in [0.15, 0.2) is 0 Å². The summed E-state index contributed by atoms with van der Waals surface area (Å²) in [5.74, 6) is -0.0880. The summed E-state index contributed by atoms with van der Waals surface area (Å²) in [4.78, 5) is 11.6. The van der Waals surface area contributed by atoms with Crippen molar-refractivity contribution in [1.29, 1.82) is 0 Å². The normalized spacial score (nSPS) is 36.9. The van der Waals surface area contributed by atoms with Crippen LogP contribution in [-0.4, -0.2) is 21.8 Å². The van der Waals surface area contributed by atoms with Crippen LogP contribution in [0.4, 0.5) is 0 Å². The van der Waals surface area contributed by atoms with Crippen LogP contribution in [0.2, 0.25) is 0 Å². The van der Waals surface area contributed by atoms with E-state index >= 15 is 0 Å². The highest BCUT2D eigenvalue weighted by atomic mass is 16.4. The molecule has 2 N–H and O–H groups in total. The average Bonchev–Trinajstić information content (AvgIpc) is 2.81. The van der Waals surface area contributed by atoms with Crippen LogP contribution in [0.5, 0.6) is 0 Å². The molecule has 2 saturated carbocycles. The molecule has 0 unspecified atom stereocenters. The lowest BCUT2D eigenvalue weighted by Gasteiger charge is -2.46. The van der Waals surface area contributed by atoms with E-state index in [-0.39, 0.29) is 0 Å². The fraction of sp³-hybridized carbons (Fsp3) is 0.929. The molecule has 3 heteroatoms. The molecular formula is C14H24O3. The fourth-order valence-electron chi connectivity index (χ4n) is 3.90. The summed E-state index contributed by atoms with van der Waals surface area (Å²) in [7, 11) is 0. The van der Waals surface area contributed by atoms with Gasteiger partial charge in [0.05, 0.1) is 11.0 Å². The van der Waals surface area contributed by atoms with Crippen LogP contribution >= 0.6 is 0 Å². The largest absolute Gasteiger partial charge is 0.481 e. The molecular weight excluding hydrogens is 216 g/mol. The van der Waals surface area contributed by atoms with Gasteiger partial charge in [0, 0.05) is 0 Å². The van der Waals surface area contributed by atoms with Crippen molar-refractivity contribution >= 4 is 5.97 Å². The molecule has 0 aromatic rings. The maximum absolute atomic E-state index is 11.6. The minimum Gasteiger partial charge on any atom is -0.481 e. The van der Waals surface area contributed by atoms with E-state index < -0.39 is 17.0 Å². The molecule has 0 spiro atoms. The Hall–Kier alpha value is -0.570. The van der Waals surface area contributed by atoms with Gasteiger partial charge in [0.1, 0.15) is 0 Å². The van der Waals surface area contributed by atoms with E-state index in [1.165, 1.54) is 0 Å². The second kappa shape index (κ2) is 4.60. The van der Waals surface area contributed by atoms with Crippen molar-refractivity contribution in [2.75, 3.05) is 0 Å². The highest BCUT2D eigenvalue weighted by molar-refractivity contribution is 5.76. The molecule has 0 radical (unpaired) electrons. The van der Waals surface area contributed by atoms with Gasteiger partial charge in [-0.2, -0.15) is 0 Å². The number of rotatable bonds is 3. The lowest BCUT2D eigenvalue weighted by molar-refractivity contribution is -0.175. The van der Waals surface area contributed by atoms with E-state index in [4.69, 9.17) is 0 Å². The Morgan fingerprint density at radius 3 is 2.12 bits per heavy atom. The van der Waals surface area contributed by atoms with Gasteiger partial charge in [-0.3, -0.25) is 4.79 Å². The van der Waals surface area contributed by atoms with Gasteiger partial charge in [0.15, 0.2) is 0 Å². The Balaban J connectivity index is 2.16. The van der Waals surface area contributed by atoms with E-state index in [1.54, 1.807) is 0 Å². The number of aliphatic carboxylic acids is 1. The number of aliphatic hydroxyl groups is 1. The summed E-state index contributed by atoms with van der Waals surface area (Å²) >= 11 is 0. The molecule has 0 bridgehead atoms. The number of hydrogen-bond acceptors (Lipinski definition) is 2. The lowest BCUT2D eigenvalue weighted by Crippen LogP contribution is -2.53. The van der Waals surface area contributed by atoms with Gasteiger partial charge in [-0.15, -0.1) is 0 Å². The molecule has 3 nitrogen and oxygen atoms in total. The smallest absolute Gasteiger partial charge is 0.312 e. The molecule has 0 saturated heterocycles. The van der Waals surface area contributed by atoms with Gasteiger partial charge in [-0.05, 0) is 44.4 Å². The van der Waals surface area contributed by atoms with Crippen molar-refractivity contribution < 1.29 is 15.0 Å². The van der Waals surface area contributed by atoms with Gasteiger partial charge in [-0.1, -0.05) is 26.2 Å². The maximum Gasteiger partial charge on any atom is 0.312 e. The molecule has 2 fully saturated rings. The molecule has 0 heterocycles. The minimum atomic E-state index is -0.943. The molecule has 0 aromatic heterocycles. The average molecular weight is 240 g/mol. The van der Waals surface area contributed by atoms with E-state index in [0.29, 0.717) is 31.6 Å². The zero-order valence-electron chi connectivity index (χ0n) is 10.7. The summed E-state index contributed by atoms with van der Waals surface area (Å²) < 4.78 is 0. The maximum atomic E-state index is 11.6. The molecule has 2 aliphatic carbocycles. The third-order valence-electron chi connectivity index (χ3n) is 5.27. The monoisotopic (exact) mass is 240 g/mol. The van der Waals surface area contributed by atoms with Crippen molar-refractivity contribution in [1.82, 2.24) is 0 Å². The van der Waals surface area contributed by atoms with Crippen LogP contribution < -0.4 is 0 Å². The molecule has 2 rings (SSSR count). The van der Waals surface area contributed by atoms with Crippen LogP contribution in [0.3, 0.4) is 0 Å². The van der Waals surface area contributed by atoms with Crippen molar-refractivity contribution in [3.63, 3.8) is 0 Å². The van der Waals surface area contributed by atoms with Gasteiger partial charge in [0.25, 0.3) is 0 Å². The first kappa shape index (κ1) is 12.9. The molecule has 2 aliphatic rings. The van der Waals surface area contributed by atoms with Crippen LogP contribution in [-0.2, 0) is 4.79 Å². The molecule has 0 aromatic carbocycles. The predicted molar refractivity (Wildman–Crippen MR) is 65.7 cm³/mol. The molecule has 0 amide bonds. The summed E-state index contributed by atoms with van der Waals surface area (Å²) in [6.07, 6.45) is 7.71. The molecule has 0 aliphatic heterocycles. The van der Waals surface area contributed by atoms with Crippen LogP contribution in [0, 0.1) is 11.3 Å². The first-order valence-electron chi connectivity index (χ1n) is 7.00. The van der Waals surface area contributed by atoms with E-state index in [1.807, 2.05) is 0 Å². The first-order valence-corrected chi connectivity index (χ1v) is 7.00. The highest BCUT2D eigenvalue weighted by Crippen LogP contribution is 2.53. The lowest BCUT2D eigenvalue weighted by atomic mass is 9.62. The van der Waals surface area contributed by atoms with E-state index in [0.717, 1.165) is 32.1 Å². The Morgan fingerprint density at radius 2 is 1.71 bits per heavy atom. The van der Waals surface area contributed by atoms with Crippen LogP contribution in [0.1, 0.15) is 64.7 Å². The van der Waals surface area contributed by atoms with Gasteiger partial charge in [0.2, 0.25) is 0 Å². The summed E-state index contributed by atoms with van der Waals surface area (Å²) in [6, 6.07) is 0. The predicted octanol–water partition coefficient (Wildman–Crippen LogP) is 2.96. The zero-order valence-corrected chi connectivity index (χ0v) is 10.7. The quantitative estimate of drug-likeness (QED) is 0.797. The van der Waals surface area contributed by atoms with Gasteiger partial charge >= 0.3 is 5.97 Å². The Bertz CT molecular complexity index is 284. The van der Waals surface area contributed by atoms with Crippen molar-refractivity contribution in [2.45, 2.75) is 70.3 Å². The summed E-state index contributed by atoms with van der Waals surface area (Å²) in [5, 5.41) is 20.4. The number of hydrogen-bond donors (Lipinski definition) is 2. The van der Waals surface area contributed by atoms with Crippen molar-refractivity contribution in [2.24, 2.45) is 11.3 Å². The van der Waals surface area contributed by atoms with Crippen LogP contribution in [0.25, 0.3) is 0 Å². The van der Waals surface area contributed by atoms with Gasteiger partial charge < -0.3 is 10.2 Å². The Kier molecular flexibility index (Phi) is 3.48. The Morgan fingerprint density at radius 1 is 1.18 bits per heavy atom. The third-order valence-corrected chi connectivity index (χ3v) is 5.27.